The predicted octanol–water partition coefficient (Wildman–Crippen LogP) is 5.27. The first-order valence-corrected chi connectivity index (χ1v) is 8.82. The van der Waals surface area contributed by atoms with Gasteiger partial charge >= 0.3 is 21.7 Å². The van der Waals surface area contributed by atoms with Crippen LogP contribution in [0.1, 0.15) is 19.3 Å². The summed E-state index contributed by atoms with van der Waals surface area (Å²) < 4.78 is 0. The molecule has 0 spiro atoms. The molecule has 3 nitrogen and oxygen atoms in total. The number of halogens is 1. The van der Waals surface area contributed by atoms with E-state index in [1.807, 2.05) is 7.05 Å². The molecule has 0 amide bonds. The van der Waals surface area contributed by atoms with Crippen molar-refractivity contribution in [2.24, 2.45) is 5.92 Å². The Labute approximate surface area is 146 Å². The van der Waals surface area contributed by atoms with Crippen molar-refractivity contribution in [2.45, 2.75) is 24.1 Å². The van der Waals surface area contributed by atoms with E-state index in [9.17, 15) is 0 Å². The summed E-state index contributed by atoms with van der Waals surface area (Å²) >= 11 is 3.73. The smallest absolute Gasteiger partial charge is 0.668 e. The quantitative estimate of drug-likeness (QED) is 0.274. The summed E-state index contributed by atoms with van der Waals surface area (Å²) in [5.41, 5.74) is 0. The summed E-state index contributed by atoms with van der Waals surface area (Å²) in [6.07, 6.45) is 5.53. The van der Waals surface area contributed by atoms with Crippen molar-refractivity contribution in [1.82, 2.24) is 0 Å². The van der Waals surface area contributed by atoms with E-state index in [0.717, 1.165) is 10.7 Å². The van der Waals surface area contributed by atoms with Crippen LogP contribution in [0.25, 0.3) is 15.7 Å². The summed E-state index contributed by atoms with van der Waals surface area (Å²) in [5, 5.41) is 11.3. The Hall–Kier alpha value is 1.50. The number of nitrogens with zero attached hydrogens (tertiary/aromatic N) is 3. The number of hydrogen-bond acceptors (Lipinski definition) is 0. The predicted molar refractivity (Wildman–Crippen MR) is 93.9 cm³/mol. The standard InChI is InChI=1S/C8H16BrNP.2C2H6N.CH3.Ti/c1-10-11(2)6-7-4-3-5-8(7)9;2*1-3-2;;/h7-8H,3-6H2,1-2H3;2*1-2H3;1H3;/q4*-1;+4/t7-,8?,11?;;;;/m0..../s1. The molecule has 0 aromatic heterocycles. The van der Waals surface area contributed by atoms with Crippen LogP contribution in [0.3, 0.4) is 0 Å². The molecule has 0 saturated heterocycles. The molecule has 0 bridgehead atoms. The fourth-order valence-electron chi connectivity index (χ4n) is 1.62. The molecule has 1 rings (SSSR count). The maximum Gasteiger partial charge on any atom is 4.00 e. The number of alkyl halides is 1. The van der Waals surface area contributed by atoms with Crippen LogP contribution in [-0.2, 0) is 21.7 Å². The molecule has 0 aromatic carbocycles. The first kappa shape index (κ1) is 28.6. The van der Waals surface area contributed by atoms with Crippen LogP contribution in [0, 0.1) is 13.3 Å². The van der Waals surface area contributed by atoms with Gasteiger partial charge in [-0.25, -0.2) is 8.07 Å². The monoisotopic (exact) mass is 387 g/mol. The summed E-state index contributed by atoms with van der Waals surface area (Å²) in [6, 6.07) is 0. The van der Waals surface area contributed by atoms with Gasteiger partial charge in [0, 0.05) is 4.83 Å². The van der Waals surface area contributed by atoms with Gasteiger partial charge in [0.2, 0.25) is 0 Å². The minimum absolute atomic E-state index is 0. The van der Waals surface area contributed by atoms with Gasteiger partial charge in [-0.15, -0.1) is 0 Å². The first-order chi connectivity index (χ1) is 8.06. The maximum absolute atomic E-state index is 4.33. The molecule has 114 valence electrons. The summed E-state index contributed by atoms with van der Waals surface area (Å²) in [7, 11) is 8.93. The molecule has 1 aliphatic rings. The van der Waals surface area contributed by atoms with Gasteiger partial charge in [-0.05, 0) is 24.9 Å². The van der Waals surface area contributed by atoms with E-state index in [-0.39, 0.29) is 37.2 Å². The van der Waals surface area contributed by atoms with Gasteiger partial charge in [0.05, 0.1) is 0 Å². The Bertz CT molecular complexity index is 154. The average Bonchev–Trinajstić information content (AvgIpc) is 2.66. The summed E-state index contributed by atoms with van der Waals surface area (Å²) in [5.74, 6) is 0.912. The second-order valence-electron chi connectivity index (χ2n) is 4.14. The molecule has 0 radical (unpaired) electrons. The Morgan fingerprint density at radius 1 is 1.05 bits per heavy atom. The number of rotatable bonds is 3. The minimum atomic E-state index is -0.0210. The normalized spacial score (nSPS) is 21.6. The minimum Gasteiger partial charge on any atom is -0.668 e. The topological polar surface area (TPSA) is 42.3 Å². The van der Waals surface area contributed by atoms with E-state index in [1.165, 1.54) is 25.4 Å². The van der Waals surface area contributed by atoms with Gasteiger partial charge < -0.3 is 23.1 Å². The molecule has 0 aliphatic heterocycles. The molecule has 1 fully saturated rings. The molecule has 1 saturated carbocycles. The van der Waals surface area contributed by atoms with Crippen molar-refractivity contribution < 1.29 is 21.7 Å². The fraction of sp³-hybridized carbons (Fsp3) is 0.923. The maximum atomic E-state index is 4.33. The van der Waals surface area contributed by atoms with Crippen LogP contribution < -0.4 is 0 Å². The van der Waals surface area contributed by atoms with Gasteiger partial charge in [0.1, 0.15) is 0 Å². The van der Waals surface area contributed by atoms with E-state index in [1.54, 1.807) is 28.2 Å². The fourth-order valence-corrected chi connectivity index (χ4v) is 3.96. The molecular weight excluding hydrogens is 357 g/mol. The van der Waals surface area contributed by atoms with E-state index in [4.69, 9.17) is 0 Å². The van der Waals surface area contributed by atoms with E-state index >= 15 is 0 Å². The van der Waals surface area contributed by atoms with Crippen molar-refractivity contribution in [2.75, 3.05) is 48.1 Å². The van der Waals surface area contributed by atoms with Gasteiger partial charge in [0.15, 0.2) is 0 Å². The zero-order valence-electron chi connectivity index (χ0n) is 13.6. The van der Waals surface area contributed by atoms with Crippen LogP contribution in [-0.4, -0.2) is 52.9 Å². The van der Waals surface area contributed by atoms with Crippen LogP contribution in [0.2, 0.25) is 0 Å². The van der Waals surface area contributed by atoms with Gasteiger partial charge in [-0.2, -0.15) is 35.2 Å². The van der Waals surface area contributed by atoms with Crippen LogP contribution in [0.5, 0.6) is 0 Å². The molecule has 0 N–H and O–H groups in total. The molecule has 6 heteroatoms. The number of hydrogen-bond donors (Lipinski definition) is 0. The van der Waals surface area contributed by atoms with Crippen LogP contribution in [0.15, 0.2) is 0 Å². The van der Waals surface area contributed by atoms with Crippen molar-refractivity contribution in [3.8, 4) is 0 Å². The molecule has 0 heterocycles. The Kier molecular flexibility index (Phi) is 32.9. The molecule has 0 aromatic rings. The van der Waals surface area contributed by atoms with Crippen molar-refractivity contribution in [1.29, 1.82) is 0 Å². The molecule has 1 aliphatic carbocycles. The average molecular weight is 388 g/mol. The van der Waals surface area contributed by atoms with E-state index in [0.29, 0.717) is 0 Å². The van der Waals surface area contributed by atoms with Crippen LogP contribution in [0.4, 0.5) is 0 Å². The molecule has 2 unspecified atom stereocenters. The Balaban J connectivity index is -0.000000122. The Morgan fingerprint density at radius 2 is 1.47 bits per heavy atom. The summed E-state index contributed by atoms with van der Waals surface area (Å²) in [6.45, 7) is 2.27. The van der Waals surface area contributed by atoms with Crippen molar-refractivity contribution in [3.05, 3.63) is 23.1 Å². The Morgan fingerprint density at radius 3 is 1.74 bits per heavy atom. The van der Waals surface area contributed by atoms with Crippen molar-refractivity contribution in [3.63, 3.8) is 0 Å². The van der Waals surface area contributed by atoms with Gasteiger partial charge in [-0.3, -0.25) is 0 Å². The third-order valence-electron chi connectivity index (χ3n) is 2.41. The molecule has 19 heavy (non-hydrogen) atoms. The van der Waals surface area contributed by atoms with Crippen molar-refractivity contribution >= 4 is 24.0 Å². The largest absolute Gasteiger partial charge is 4.00 e. The third-order valence-corrected chi connectivity index (χ3v) is 5.29. The van der Waals surface area contributed by atoms with E-state index in [2.05, 4.69) is 38.3 Å². The molecule has 3 atom stereocenters. The van der Waals surface area contributed by atoms with Gasteiger partial charge in [-0.1, -0.05) is 29.0 Å². The summed E-state index contributed by atoms with van der Waals surface area (Å²) in [4.78, 5) is 0.786. The zero-order chi connectivity index (χ0) is 13.7. The first-order valence-electron chi connectivity index (χ1n) is 5.98. The SMILES string of the molecule is C[N-]C.C[N-]C.C[N-]P(C)C[C@@H]1CCCC1Br.[CH3-].[Ti+4]. The van der Waals surface area contributed by atoms with Gasteiger partial charge in [0.25, 0.3) is 0 Å². The van der Waals surface area contributed by atoms with Crippen LogP contribution >= 0.6 is 24.0 Å². The zero-order valence-corrected chi connectivity index (χ0v) is 17.7. The second kappa shape index (κ2) is 21.8. The second-order valence-corrected chi connectivity index (χ2v) is 7.40. The third kappa shape index (κ3) is 19.5. The van der Waals surface area contributed by atoms with E-state index < -0.39 is 0 Å². The molecular formula is C13H31BrN3PTi.